The third-order valence-corrected chi connectivity index (χ3v) is 4.67. The van der Waals surface area contributed by atoms with Gasteiger partial charge in [0.2, 0.25) is 11.8 Å². The zero-order chi connectivity index (χ0) is 21.0. The molecule has 7 heteroatoms. The van der Waals surface area contributed by atoms with Crippen molar-refractivity contribution in [2.75, 3.05) is 23.8 Å². The van der Waals surface area contributed by atoms with E-state index in [0.29, 0.717) is 11.3 Å². The standard InChI is InChI=1S/C22H25N3O4/c1-14(2)29-17-10-8-16(9-11-17)25-13-15(12-20(25)26)21(27)24-19-7-5-4-6-18(19)22(28)23-3/h4-11,14-15H,12-13H2,1-3H3,(H,23,28)(H,24,27)/t15-/m0/s1. The van der Waals surface area contributed by atoms with Crippen molar-refractivity contribution in [2.45, 2.75) is 26.4 Å². The van der Waals surface area contributed by atoms with Gasteiger partial charge in [0.1, 0.15) is 5.75 Å². The van der Waals surface area contributed by atoms with Crippen LogP contribution in [0.25, 0.3) is 0 Å². The Morgan fingerprint density at radius 2 is 1.79 bits per heavy atom. The first-order valence-electron chi connectivity index (χ1n) is 9.58. The fraction of sp³-hybridized carbons (Fsp3) is 0.318. The topological polar surface area (TPSA) is 87.7 Å². The molecule has 3 amide bonds. The Balaban J connectivity index is 1.69. The summed E-state index contributed by atoms with van der Waals surface area (Å²) in [5, 5.41) is 5.35. The fourth-order valence-corrected chi connectivity index (χ4v) is 3.27. The molecule has 2 N–H and O–H groups in total. The van der Waals surface area contributed by atoms with E-state index in [1.165, 1.54) is 7.05 Å². The molecular weight excluding hydrogens is 370 g/mol. The maximum Gasteiger partial charge on any atom is 0.253 e. The number of nitrogens with zero attached hydrogens (tertiary/aromatic N) is 1. The third-order valence-electron chi connectivity index (χ3n) is 4.67. The monoisotopic (exact) mass is 395 g/mol. The van der Waals surface area contributed by atoms with Crippen molar-refractivity contribution in [3.05, 3.63) is 54.1 Å². The molecule has 0 unspecified atom stereocenters. The summed E-state index contributed by atoms with van der Waals surface area (Å²) in [6, 6.07) is 14.0. The van der Waals surface area contributed by atoms with Crippen molar-refractivity contribution in [3.8, 4) is 5.75 Å². The highest BCUT2D eigenvalue weighted by molar-refractivity contribution is 6.07. The normalized spacial score (nSPS) is 16.1. The van der Waals surface area contributed by atoms with Gasteiger partial charge in [0, 0.05) is 25.7 Å². The summed E-state index contributed by atoms with van der Waals surface area (Å²) in [4.78, 5) is 38.8. The van der Waals surface area contributed by atoms with Crippen LogP contribution >= 0.6 is 0 Å². The van der Waals surface area contributed by atoms with E-state index in [2.05, 4.69) is 10.6 Å². The lowest BCUT2D eigenvalue weighted by atomic mass is 10.1. The van der Waals surface area contributed by atoms with Crippen LogP contribution < -0.4 is 20.3 Å². The Bertz CT molecular complexity index is 909. The van der Waals surface area contributed by atoms with E-state index in [9.17, 15) is 14.4 Å². The number of hydrogen-bond acceptors (Lipinski definition) is 4. The molecule has 0 radical (unpaired) electrons. The lowest BCUT2D eigenvalue weighted by Crippen LogP contribution is -2.29. The average molecular weight is 395 g/mol. The minimum Gasteiger partial charge on any atom is -0.491 e. The third kappa shape index (κ3) is 4.74. The van der Waals surface area contributed by atoms with Gasteiger partial charge in [-0.2, -0.15) is 0 Å². The lowest BCUT2D eigenvalue weighted by Gasteiger charge is -2.18. The quantitative estimate of drug-likeness (QED) is 0.787. The number of carbonyl (C=O) groups excluding carboxylic acids is 3. The minimum atomic E-state index is -0.494. The van der Waals surface area contributed by atoms with Crippen molar-refractivity contribution in [2.24, 2.45) is 5.92 Å². The highest BCUT2D eigenvalue weighted by atomic mass is 16.5. The molecule has 29 heavy (non-hydrogen) atoms. The molecule has 7 nitrogen and oxygen atoms in total. The molecule has 1 atom stereocenters. The highest BCUT2D eigenvalue weighted by Gasteiger charge is 2.35. The zero-order valence-corrected chi connectivity index (χ0v) is 16.8. The molecule has 0 saturated carbocycles. The average Bonchev–Trinajstić information content (AvgIpc) is 3.10. The Morgan fingerprint density at radius 3 is 2.45 bits per heavy atom. The number of amides is 3. The second-order valence-corrected chi connectivity index (χ2v) is 7.18. The number of nitrogens with one attached hydrogen (secondary N) is 2. The van der Waals surface area contributed by atoms with Crippen LogP contribution in [0.2, 0.25) is 0 Å². The summed E-state index contributed by atoms with van der Waals surface area (Å²) >= 11 is 0. The molecule has 152 valence electrons. The maximum atomic E-state index is 12.7. The van der Waals surface area contributed by atoms with Gasteiger partial charge in [0.25, 0.3) is 5.91 Å². The number of benzene rings is 2. The second kappa shape index (κ2) is 8.77. The number of ether oxygens (including phenoxy) is 1. The molecule has 3 rings (SSSR count). The van der Waals surface area contributed by atoms with Gasteiger partial charge in [0.15, 0.2) is 0 Å². The number of anilines is 2. The van der Waals surface area contributed by atoms with E-state index in [1.54, 1.807) is 29.2 Å². The first-order valence-corrected chi connectivity index (χ1v) is 9.58. The Hall–Kier alpha value is -3.35. The van der Waals surface area contributed by atoms with Crippen LogP contribution in [0.15, 0.2) is 48.5 Å². The molecule has 2 aromatic carbocycles. The highest BCUT2D eigenvalue weighted by Crippen LogP contribution is 2.28. The summed E-state index contributed by atoms with van der Waals surface area (Å²) in [7, 11) is 1.53. The van der Waals surface area contributed by atoms with Gasteiger partial charge in [-0.1, -0.05) is 12.1 Å². The lowest BCUT2D eigenvalue weighted by molar-refractivity contribution is -0.122. The number of rotatable bonds is 6. The van der Waals surface area contributed by atoms with E-state index in [-0.39, 0.29) is 36.8 Å². The summed E-state index contributed by atoms with van der Waals surface area (Å²) < 4.78 is 5.62. The second-order valence-electron chi connectivity index (χ2n) is 7.18. The first kappa shape index (κ1) is 20.4. The van der Waals surface area contributed by atoms with E-state index in [1.807, 2.05) is 38.1 Å². The van der Waals surface area contributed by atoms with E-state index in [0.717, 1.165) is 11.4 Å². The Morgan fingerprint density at radius 1 is 1.10 bits per heavy atom. The summed E-state index contributed by atoms with van der Waals surface area (Å²) in [5.41, 5.74) is 1.54. The van der Waals surface area contributed by atoms with Crippen LogP contribution in [0.4, 0.5) is 11.4 Å². The molecule has 1 saturated heterocycles. The molecule has 2 aromatic rings. The number of hydrogen-bond donors (Lipinski definition) is 2. The summed E-state index contributed by atoms with van der Waals surface area (Å²) in [6.07, 6.45) is 0.193. The van der Waals surface area contributed by atoms with Crippen LogP contribution in [-0.4, -0.2) is 37.4 Å². The van der Waals surface area contributed by atoms with Gasteiger partial charge in [-0.3, -0.25) is 14.4 Å². The van der Waals surface area contributed by atoms with Gasteiger partial charge >= 0.3 is 0 Å². The number of carbonyl (C=O) groups is 3. The summed E-state index contributed by atoms with van der Waals surface area (Å²) in [5.74, 6) is -0.435. The van der Waals surface area contributed by atoms with Crippen molar-refractivity contribution in [3.63, 3.8) is 0 Å². The SMILES string of the molecule is CNC(=O)c1ccccc1NC(=O)[C@H]1CC(=O)N(c2ccc(OC(C)C)cc2)C1. The molecule has 0 bridgehead atoms. The molecule has 1 heterocycles. The maximum absolute atomic E-state index is 12.7. The van der Waals surface area contributed by atoms with E-state index >= 15 is 0 Å². The van der Waals surface area contributed by atoms with Crippen molar-refractivity contribution >= 4 is 29.1 Å². The minimum absolute atomic E-state index is 0.0695. The van der Waals surface area contributed by atoms with Crippen LogP contribution in [0.3, 0.4) is 0 Å². The molecule has 0 aromatic heterocycles. The Kier molecular flexibility index (Phi) is 6.16. The van der Waals surface area contributed by atoms with Crippen molar-refractivity contribution in [1.29, 1.82) is 0 Å². The van der Waals surface area contributed by atoms with Crippen molar-refractivity contribution in [1.82, 2.24) is 5.32 Å². The van der Waals surface area contributed by atoms with Crippen LogP contribution in [0, 0.1) is 5.92 Å². The fourth-order valence-electron chi connectivity index (χ4n) is 3.27. The predicted octanol–water partition coefficient (Wildman–Crippen LogP) is 2.83. The number of para-hydroxylation sites is 1. The first-order chi connectivity index (χ1) is 13.9. The molecule has 0 aliphatic carbocycles. The molecule has 0 spiro atoms. The molecular formula is C22H25N3O4. The van der Waals surface area contributed by atoms with Gasteiger partial charge in [-0.25, -0.2) is 0 Å². The van der Waals surface area contributed by atoms with Crippen LogP contribution in [0.1, 0.15) is 30.6 Å². The molecule has 1 aliphatic heterocycles. The smallest absolute Gasteiger partial charge is 0.253 e. The van der Waals surface area contributed by atoms with Gasteiger partial charge in [-0.05, 0) is 50.2 Å². The predicted molar refractivity (Wildman–Crippen MR) is 111 cm³/mol. The molecule has 1 fully saturated rings. The largest absolute Gasteiger partial charge is 0.491 e. The van der Waals surface area contributed by atoms with Crippen molar-refractivity contribution < 1.29 is 19.1 Å². The van der Waals surface area contributed by atoms with Crippen LogP contribution in [-0.2, 0) is 9.59 Å². The van der Waals surface area contributed by atoms with E-state index in [4.69, 9.17) is 4.74 Å². The Labute approximate surface area is 170 Å². The van der Waals surface area contributed by atoms with Gasteiger partial charge < -0.3 is 20.3 Å². The van der Waals surface area contributed by atoms with E-state index < -0.39 is 5.92 Å². The summed E-state index contributed by atoms with van der Waals surface area (Å²) in [6.45, 7) is 4.18. The zero-order valence-electron chi connectivity index (χ0n) is 16.8. The van der Waals surface area contributed by atoms with Crippen LogP contribution in [0.5, 0.6) is 5.75 Å². The van der Waals surface area contributed by atoms with Gasteiger partial charge in [0.05, 0.1) is 23.3 Å². The van der Waals surface area contributed by atoms with Gasteiger partial charge in [-0.15, -0.1) is 0 Å². The molecule has 1 aliphatic rings.